The summed E-state index contributed by atoms with van der Waals surface area (Å²) < 4.78 is 27.2. The molecule has 3 aromatic rings. The number of hydrogen-bond acceptors (Lipinski definition) is 4. The molecule has 0 aliphatic carbocycles. The van der Waals surface area contributed by atoms with Gasteiger partial charge in [0.15, 0.2) is 5.65 Å². The Bertz CT molecular complexity index is 1030. The molecule has 1 aromatic carbocycles. The summed E-state index contributed by atoms with van der Waals surface area (Å²) in [7, 11) is -3.87. The molecule has 0 amide bonds. The zero-order valence-corrected chi connectivity index (χ0v) is 14.0. The standard InChI is InChI=1S/C17H16N2O4S/c1-11-5-7-13(8-6-11)24(22,23)19-12(2)15(10-16(20)21)14-4-3-9-18-17(14)19/h3-9H,10H2,1-2H3,(H,20,21). The molecule has 3 rings (SSSR count). The van der Waals surface area contributed by atoms with Gasteiger partial charge in [0.2, 0.25) is 0 Å². The van der Waals surface area contributed by atoms with Gasteiger partial charge in [-0.1, -0.05) is 17.7 Å². The highest BCUT2D eigenvalue weighted by Gasteiger charge is 2.26. The van der Waals surface area contributed by atoms with Crippen molar-refractivity contribution in [1.82, 2.24) is 8.96 Å². The Morgan fingerprint density at radius 2 is 1.83 bits per heavy atom. The number of benzene rings is 1. The fourth-order valence-corrected chi connectivity index (χ4v) is 4.29. The maximum atomic E-state index is 13.1. The van der Waals surface area contributed by atoms with Crippen LogP contribution in [-0.2, 0) is 21.2 Å². The Morgan fingerprint density at radius 3 is 2.46 bits per heavy atom. The molecule has 0 unspecified atom stereocenters. The summed E-state index contributed by atoms with van der Waals surface area (Å²) in [5, 5.41) is 9.67. The van der Waals surface area contributed by atoms with E-state index in [9.17, 15) is 13.2 Å². The molecule has 0 saturated carbocycles. The Hall–Kier alpha value is -2.67. The van der Waals surface area contributed by atoms with Crippen LogP contribution in [0.25, 0.3) is 11.0 Å². The van der Waals surface area contributed by atoms with E-state index in [-0.39, 0.29) is 17.0 Å². The molecule has 0 fully saturated rings. The van der Waals surface area contributed by atoms with Crippen LogP contribution >= 0.6 is 0 Å². The number of nitrogens with zero attached hydrogens (tertiary/aromatic N) is 2. The largest absolute Gasteiger partial charge is 0.481 e. The lowest BCUT2D eigenvalue weighted by Gasteiger charge is -2.10. The van der Waals surface area contributed by atoms with Gasteiger partial charge in [0.05, 0.1) is 11.3 Å². The molecule has 6 nitrogen and oxygen atoms in total. The Balaban J connectivity index is 2.31. The van der Waals surface area contributed by atoms with Crippen molar-refractivity contribution in [3.63, 3.8) is 0 Å². The SMILES string of the molecule is Cc1ccc(S(=O)(=O)n2c(C)c(CC(=O)O)c3cccnc32)cc1. The third-order valence-electron chi connectivity index (χ3n) is 3.93. The fraction of sp³-hybridized carbons (Fsp3) is 0.176. The number of aryl methyl sites for hydroxylation is 1. The first-order valence-corrected chi connectivity index (χ1v) is 8.75. The van der Waals surface area contributed by atoms with Crippen LogP contribution in [0.4, 0.5) is 0 Å². The van der Waals surface area contributed by atoms with Gasteiger partial charge in [-0.25, -0.2) is 17.4 Å². The fourth-order valence-electron chi connectivity index (χ4n) is 2.75. The first-order chi connectivity index (χ1) is 11.3. The van der Waals surface area contributed by atoms with Crippen molar-refractivity contribution in [2.45, 2.75) is 25.2 Å². The summed E-state index contributed by atoms with van der Waals surface area (Å²) in [6.07, 6.45) is 1.23. The van der Waals surface area contributed by atoms with Gasteiger partial charge in [-0.05, 0) is 43.7 Å². The molecule has 1 N–H and O–H groups in total. The third-order valence-corrected chi connectivity index (χ3v) is 5.73. The summed E-state index contributed by atoms with van der Waals surface area (Å²) >= 11 is 0. The molecular weight excluding hydrogens is 328 g/mol. The molecule has 7 heteroatoms. The van der Waals surface area contributed by atoms with Crippen LogP contribution in [0.3, 0.4) is 0 Å². The van der Waals surface area contributed by atoms with Crippen LogP contribution in [-0.4, -0.2) is 28.5 Å². The van der Waals surface area contributed by atoms with Crippen molar-refractivity contribution in [2.75, 3.05) is 0 Å². The molecule has 0 aliphatic rings. The zero-order chi connectivity index (χ0) is 17.5. The minimum Gasteiger partial charge on any atom is -0.481 e. The van der Waals surface area contributed by atoms with Crippen LogP contribution in [0, 0.1) is 13.8 Å². The van der Waals surface area contributed by atoms with E-state index < -0.39 is 16.0 Å². The second-order valence-corrected chi connectivity index (χ2v) is 7.38. The number of carboxylic acid groups (broad SMARTS) is 1. The lowest BCUT2D eigenvalue weighted by Crippen LogP contribution is -2.15. The van der Waals surface area contributed by atoms with Crippen LogP contribution < -0.4 is 0 Å². The average molecular weight is 344 g/mol. The number of pyridine rings is 1. The lowest BCUT2D eigenvalue weighted by molar-refractivity contribution is -0.136. The van der Waals surface area contributed by atoms with Gasteiger partial charge in [-0.3, -0.25) is 4.79 Å². The number of carbonyl (C=O) groups is 1. The van der Waals surface area contributed by atoms with Gasteiger partial charge in [-0.15, -0.1) is 0 Å². The van der Waals surface area contributed by atoms with E-state index in [1.165, 1.54) is 18.3 Å². The Morgan fingerprint density at radius 1 is 1.17 bits per heavy atom. The van der Waals surface area contributed by atoms with E-state index in [1.54, 1.807) is 31.2 Å². The predicted molar refractivity (Wildman–Crippen MR) is 89.6 cm³/mol. The molecule has 2 heterocycles. The highest BCUT2D eigenvalue weighted by molar-refractivity contribution is 7.90. The number of carboxylic acids is 1. The van der Waals surface area contributed by atoms with Crippen molar-refractivity contribution in [2.24, 2.45) is 0 Å². The lowest BCUT2D eigenvalue weighted by atomic mass is 10.1. The molecule has 2 aromatic heterocycles. The van der Waals surface area contributed by atoms with Crippen LogP contribution in [0.5, 0.6) is 0 Å². The molecular formula is C17H16N2O4S. The molecule has 0 bridgehead atoms. The third kappa shape index (κ3) is 2.56. The molecule has 0 spiro atoms. The van der Waals surface area contributed by atoms with Gasteiger partial charge < -0.3 is 5.11 Å². The molecule has 0 saturated heterocycles. The Kier molecular flexibility index (Phi) is 3.88. The summed E-state index contributed by atoms with van der Waals surface area (Å²) in [4.78, 5) is 15.5. The van der Waals surface area contributed by atoms with E-state index >= 15 is 0 Å². The van der Waals surface area contributed by atoms with E-state index in [0.29, 0.717) is 16.6 Å². The number of aliphatic carboxylic acids is 1. The van der Waals surface area contributed by atoms with Crippen LogP contribution in [0.15, 0.2) is 47.5 Å². The van der Waals surface area contributed by atoms with E-state index in [2.05, 4.69) is 4.98 Å². The summed E-state index contributed by atoms with van der Waals surface area (Å²) in [6, 6.07) is 9.87. The summed E-state index contributed by atoms with van der Waals surface area (Å²) in [5.74, 6) is -1.02. The molecule has 24 heavy (non-hydrogen) atoms. The minimum atomic E-state index is -3.87. The summed E-state index contributed by atoms with van der Waals surface area (Å²) in [6.45, 7) is 3.48. The number of fused-ring (bicyclic) bond motifs is 1. The first kappa shape index (κ1) is 16.2. The average Bonchev–Trinajstić information content (AvgIpc) is 2.80. The molecule has 0 aliphatic heterocycles. The van der Waals surface area contributed by atoms with Crippen LogP contribution in [0.1, 0.15) is 16.8 Å². The maximum absolute atomic E-state index is 13.1. The van der Waals surface area contributed by atoms with Crippen molar-refractivity contribution in [3.05, 3.63) is 59.4 Å². The topological polar surface area (TPSA) is 89.3 Å². The second-order valence-electron chi connectivity index (χ2n) is 5.59. The normalized spacial score (nSPS) is 11.8. The highest BCUT2D eigenvalue weighted by Crippen LogP contribution is 2.29. The van der Waals surface area contributed by atoms with E-state index in [4.69, 9.17) is 5.11 Å². The molecule has 0 atom stereocenters. The molecule has 124 valence electrons. The number of rotatable bonds is 4. The van der Waals surface area contributed by atoms with Crippen molar-refractivity contribution in [3.8, 4) is 0 Å². The monoisotopic (exact) mass is 344 g/mol. The zero-order valence-electron chi connectivity index (χ0n) is 13.2. The van der Waals surface area contributed by atoms with Gasteiger partial charge in [0, 0.05) is 17.3 Å². The quantitative estimate of drug-likeness (QED) is 0.785. The van der Waals surface area contributed by atoms with Crippen LogP contribution in [0.2, 0.25) is 0 Å². The van der Waals surface area contributed by atoms with Crippen molar-refractivity contribution >= 4 is 27.0 Å². The number of aromatic nitrogens is 2. The second kappa shape index (κ2) is 5.76. The van der Waals surface area contributed by atoms with Gasteiger partial charge in [0.1, 0.15) is 0 Å². The van der Waals surface area contributed by atoms with E-state index in [1.807, 2.05) is 6.92 Å². The van der Waals surface area contributed by atoms with E-state index in [0.717, 1.165) is 9.54 Å². The first-order valence-electron chi connectivity index (χ1n) is 7.31. The molecule has 0 radical (unpaired) electrons. The van der Waals surface area contributed by atoms with Crippen molar-refractivity contribution in [1.29, 1.82) is 0 Å². The van der Waals surface area contributed by atoms with Crippen molar-refractivity contribution < 1.29 is 18.3 Å². The summed E-state index contributed by atoms with van der Waals surface area (Å²) in [5.41, 5.74) is 2.02. The number of hydrogen-bond donors (Lipinski definition) is 1. The highest BCUT2D eigenvalue weighted by atomic mass is 32.2. The predicted octanol–water partition coefficient (Wildman–Crippen LogP) is 2.52. The Labute approximate surface area is 139 Å². The van der Waals surface area contributed by atoms with Gasteiger partial charge in [-0.2, -0.15) is 0 Å². The van der Waals surface area contributed by atoms with Gasteiger partial charge >= 0.3 is 5.97 Å². The smallest absolute Gasteiger partial charge is 0.307 e. The minimum absolute atomic E-state index is 0.139. The van der Waals surface area contributed by atoms with Gasteiger partial charge in [0.25, 0.3) is 10.0 Å². The maximum Gasteiger partial charge on any atom is 0.307 e.